The summed E-state index contributed by atoms with van der Waals surface area (Å²) in [5.74, 6) is -0.0435. The number of nitrogens with one attached hydrogen (secondary N) is 1. The maximum atomic E-state index is 13.0. The maximum absolute atomic E-state index is 13.0. The lowest BCUT2D eigenvalue weighted by molar-refractivity contribution is -0.130. The molecule has 1 aliphatic rings. The standard InChI is InChI=1S/C18H23ClN4O3S/c1-13-18(14(2)21-20-13)27(25,26)23-9-5-8-22(10-11-23)17(24)12-15-6-3-4-7-16(15)19/h3-4,6-7H,5,8-12H2,1-2H3,(H,20,21). The van der Waals surface area contributed by atoms with Crippen LogP contribution in [0.15, 0.2) is 29.2 Å². The number of halogens is 1. The SMILES string of the molecule is Cc1n[nH]c(C)c1S(=O)(=O)N1CCCN(C(=O)Cc2ccccc2Cl)CC1. The molecule has 0 unspecified atom stereocenters. The van der Waals surface area contributed by atoms with Crippen LogP contribution in [0.5, 0.6) is 0 Å². The van der Waals surface area contributed by atoms with E-state index in [1.807, 2.05) is 18.2 Å². The predicted molar refractivity (Wildman–Crippen MR) is 103 cm³/mol. The molecule has 146 valence electrons. The van der Waals surface area contributed by atoms with Crippen LogP contribution >= 0.6 is 11.6 Å². The van der Waals surface area contributed by atoms with Crippen LogP contribution in [0.2, 0.25) is 5.02 Å². The Bertz CT molecular complexity index is 922. The Labute approximate surface area is 164 Å². The zero-order valence-corrected chi connectivity index (χ0v) is 17.0. The molecule has 9 heteroatoms. The first-order valence-electron chi connectivity index (χ1n) is 8.83. The number of nitrogens with zero attached hydrogens (tertiary/aromatic N) is 3. The molecule has 27 heavy (non-hydrogen) atoms. The van der Waals surface area contributed by atoms with Gasteiger partial charge in [-0.3, -0.25) is 9.89 Å². The zero-order chi connectivity index (χ0) is 19.6. The second kappa shape index (κ2) is 8.00. The summed E-state index contributed by atoms with van der Waals surface area (Å²) in [4.78, 5) is 14.6. The number of hydrogen-bond acceptors (Lipinski definition) is 4. The average Bonchev–Trinajstić information content (AvgIpc) is 2.83. The van der Waals surface area contributed by atoms with Crippen molar-refractivity contribution in [1.29, 1.82) is 0 Å². The fourth-order valence-electron chi connectivity index (χ4n) is 3.35. The van der Waals surface area contributed by atoms with Crippen molar-refractivity contribution >= 4 is 27.5 Å². The summed E-state index contributed by atoms with van der Waals surface area (Å²) >= 11 is 6.14. The third kappa shape index (κ3) is 4.17. The first-order valence-corrected chi connectivity index (χ1v) is 10.7. The van der Waals surface area contributed by atoms with Gasteiger partial charge in [-0.2, -0.15) is 9.40 Å². The van der Waals surface area contributed by atoms with Crippen LogP contribution in [0, 0.1) is 13.8 Å². The summed E-state index contributed by atoms with van der Waals surface area (Å²) in [7, 11) is -3.64. The van der Waals surface area contributed by atoms with E-state index in [0.29, 0.717) is 42.5 Å². The molecule has 1 saturated heterocycles. The van der Waals surface area contributed by atoms with Crippen LogP contribution in [0.3, 0.4) is 0 Å². The van der Waals surface area contributed by atoms with Crippen LogP contribution in [-0.2, 0) is 21.2 Å². The molecule has 0 spiro atoms. The number of aromatic nitrogens is 2. The molecule has 0 saturated carbocycles. The molecule has 0 radical (unpaired) electrons. The van der Waals surface area contributed by atoms with Crippen molar-refractivity contribution in [3.8, 4) is 0 Å². The number of H-pyrrole nitrogens is 1. The smallest absolute Gasteiger partial charge is 0.246 e. The van der Waals surface area contributed by atoms with E-state index in [4.69, 9.17) is 11.6 Å². The summed E-state index contributed by atoms with van der Waals surface area (Å²) in [5, 5.41) is 7.28. The Morgan fingerprint density at radius 1 is 1.19 bits per heavy atom. The van der Waals surface area contributed by atoms with Gasteiger partial charge < -0.3 is 4.90 Å². The first kappa shape index (κ1) is 19.9. The monoisotopic (exact) mass is 410 g/mol. The molecule has 1 aliphatic heterocycles. The molecule has 1 amide bonds. The van der Waals surface area contributed by atoms with Gasteiger partial charge in [0.1, 0.15) is 4.90 Å². The fraction of sp³-hybridized carbons (Fsp3) is 0.444. The molecule has 2 aromatic rings. The Hall–Kier alpha value is -1.90. The molecule has 0 atom stereocenters. The van der Waals surface area contributed by atoms with Gasteiger partial charge in [-0.15, -0.1) is 0 Å². The molecule has 7 nitrogen and oxygen atoms in total. The molecule has 2 heterocycles. The lowest BCUT2D eigenvalue weighted by Crippen LogP contribution is -2.38. The molecule has 0 aliphatic carbocycles. The van der Waals surface area contributed by atoms with E-state index in [-0.39, 0.29) is 23.8 Å². The van der Waals surface area contributed by atoms with Crippen molar-refractivity contribution in [3.05, 3.63) is 46.2 Å². The van der Waals surface area contributed by atoms with E-state index in [0.717, 1.165) is 5.56 Å². The Morgan fingerprint density at radius 3 is 2.59 bits per heavy atom. The zero-order valence-electron chi connectivity index (χ0n) is 15.4. The van der Waals surface area contributed by atoms with E-state index >= 15 is 0 Å². The minimum absolute atomic E-state index is 0.0435. The molecule has 1 aromatic carbocycles. The van der Waals surface area contributed by atoms with Gasteiger partial charge in [0.15, 0.2) is 0 Å². The third-order valence-electron chi connectivity index (χ3n) is 4.77. The number of carbonyl (C=O) groups excluding carboxylic acids is 1. The first-order chi connectivity index (χ1) is 12.8. The molecule has 1 N–H and O–H groups in total. The van der Waals surface area contributed by atoms with Gasteiger partial charge in [0.25, 0.3) is 0 Å². The highest BCUT2D eigenvalue weighted by molar-refractivity contribution is 7.89. The molecular weight excluding hydrogens is 388 g/mol. The van der Waals surface area contributed by atoms with Gasteiger partial charge in [0.2, 0.25) is 15.9 Å². The van der Waals surface area contributed by atoms with Crippen molar-refractivity contribution < 1.29 is 13.2 Å². The summed E-state index contributed by atoms with van der Waals surface area (Å²) in [6.45, 7) is 4.90. The molecule has 1 aromatic heterocycles. The molecule has 1 fully saturated rings. The highest BCUT2D eigenvalue weighted by Gasteiger charge is 2.31. The summed E-state index contributed by atoms with van der Waals surface area (Å²) < 4.78 is 27.4. The summed E-state index contributed by atoms with van der Waals surface area (Å²) in [6, 6.07) is 7.27. The van der Waals surface area contributed by atoms with Crippen LogP contribution in [0.25, 0.3) is 0 Å². The average molecular weight is 411 g/mol. The van der Waals surface area contributed by atoms with Gasteiger partial charge in [-0.25, -0.2) is 8.42 Å². The predicted octanol–water partition coefficient (Wildman–Crippen LogP) is 2.15. The van der Waals surface area contributed by atoms with Gasteiger partial charge >= 0.3 is 0 Å². The molecule has 0 bridgehead atoms. The van der Waals surface area contributed by atoms with Crippen molar-refractivity contribution in [2.24, 2.45) is 0 Å². The molecular formula is C18H23ClN4O3S. The van der Waals surface area contributed by atoms with E-state index in [1.165, 1.54) is 4.31 Å². The second-order valence-electron chi connectivity index (χ2n) is 6.67. The number of hydrogen-bond donors (Lipinski definition) is 1. The second-order valence-corrected chi connectivity index (χ2v) is 8.95. The normalized spacial score (nSPS) is 16.3. The maximum Gasteiger partial charge on any atom is 0.246 e. The van der Waals surface area contributed by atoms with Crippen molar-refractivity contribution in [3.63, 3.8) is 0 Å². The number of benzene rings is 1. The minimum Gasteiger partial charge on any atom is -0.341 e. The van der Waals surface area contributed by atoms with E-state index in [2.05, 4.69) is 10.2 Å². The molecule has 3 rings (SSSR count). The van der Waals surface area contributed by atoms with Crippen LogP contribution in [0.4, 0.5) is 0 Å². The van der Waals surface area contributed by atoms with Crippen LogP contribution in [-0.4, -0.2) is 59.9 Å². The van der Waals surface area contributed by atoms with Crippen molar-refractivity contribution in [1.82, 2.24) is 19.4 Å². The lowest BCUT2D eigenvalue weighted by Gasteiger charge is -2.22. The summed E-state index contributed by atoms with van der Waals surface area (Å²) in [5.41, 5.74) is 1.77. The van der Waals surface area contributed by atoms with Crippen molar-refractivity contribution in [2.75, 3.05) is 26.2 Å². The van der Waals surface area contributed by atoms with Crippen LogP contribution < -0.4 is 0 Å². The Kier molecular flexibility index (Phi) is 5.88. The lowest BCUT2D eigenvalue weighted by atomic mass is 10.1. The number of carbonyl (C=O) groups is 1. The minimum atomic E-state index is -3.64. The van der Waals surface area contributed by atoms with E-state index in [1.54, 1.807) is 24.8 Å². The number of rotatable bonds is 4. The van der Waals surface area contributed by atoms with Crippen molar-refractivity contribution in [2.45, 2.75) is 31.6 Å². The quantitative estimate of drug-likeness (QED) is 0.836. The number of aromatic amines is 1. The number of aryl methyl sites for hydroxylation is 2. The number of amides is 1. The topological polar surface area (TPSA) is 86.4 Å². The largest absolute Gasteiger partial charge is 0.341 e. The highest BCUT2D eigenvalue weighted by Crippen LogP contribution is 2.23. The summed E-state index contributed by atoms with van der Waals surface area (Å²) in [6.07, 6.45) is 0.801. The number of sulfonamides is 1. The van der Waals surface area contributed by atoms with Gasteiger partial charge in [-0.1, -0.05) is 29.8 Å². The van der Waals surface area contributed by atoms with Gasteiger partial charge in [0.05, 0.1) is 17.8 Å². The fourth-order valence-corrected chi connectivity index (χ4v) is 5.35. The highest BCUT2D eigenvalue weighted by atomic mass is 35.5. The third-order valence-corrected chi connectivity index (χ3v) is 7.30. The van der Waals surface area contributed by atoms with E-state index in [9.17, 15) is 13.2 Å². The Morgan fingerprint density at radius 2 is 1.93 bits per heavy atom. The van der Waals surface area contributed by atoms with Crippen LogP contribution in [0.1, 0.15) is 23.4 Å². The van der Waals surface area contributed by atoms with E-state index < -0.39 is 10.0 Å². The van der Waals surface area contributed by atoms with Gasteiger partial charge in [-0.05, 0) is 31.9 Å². The van der Waals surface area contributed by atoms with Gasteiger partial charge in [0, 0.05) is 31.2 Å². The Balaban J connectivity index is 1.70.